The van der Waals surface area contributed by atoms with E-state index in [0.29, 0.717) is 23.6 Å². The van der Waals surface area contributed by atoms with Crippen LogP contribution < -0.4 is 10.5 Å². The molecule has 104 valence electrons. The predicted molar refractivity (Wildman–Crippen MR) is 74.3 cm³/mol. The lowest BCUT2D eigenvalue weighted by molar-refractivity contribution is 0.0526. The van der Waals surface area contributed by atoms with Crippen molar-refractivity contribution < 1.29 is 14.3 Å². The minimum absolute atomic E-state index is 0.257. The molecule has 4 heteroatoms. The van der Waals surface area contributed by atoms with Gasteiger partial charge in [0.15, 0.2) is 0 Å². The van der Waals surface area contributed by atoms with Gasteiger partial charge in [-0.1, -0.05) is 6.42 Å². The van der Waals surface area contributed by atoms with Crippen LogP contribution in [0.1, 0.15) is 49.4 Å². The molecule has 1 aliphatic rings. The molecular weight excluding hydrogens is 242 g/mol. The Bertz CT molecular complexity index is 439. The highest BCUT2D eigenvalue weighted by Crippen LogP contribution is 2.26. The third-order valence-electron chi connectivity index (χ3n) is 3.38. The van der Waals surface area contributed by atoms with Crippen LogP contribution in [-0.2, 0) is 4.74 Å². The lowest BCUT2D eigenvalue weighted by Crippen LogP contribution is -2.20. The first-order valence-electron chi connectivity index (χ1n) is 6.94. The lowest BCUT2D eigenvalue weighted by Gasteiger charge is -2.23. The number of carbonyl (C=O) groups is 1. The maximum Gasteiger partial charge on any atom is 0.340 e. The van der Waals surface area contributed by atoms with Crippen LogP contribution in [0.3, 0.4) is 0 Å². The van der Waals surface area contributed by atoms with E-state index < -0.39 is 5.97 Å². The SMILES string of the molecule is CCOC(=O)c1cc(OC2CCCCC2)ccc1N. The van der Waals surface area contributed by atoms with Gasteiger partial charge in [-0.25, -0.2) is 4.79 Å². The van der Waals surface area contributed by atoms with Crippen molar-refractivity contribution in [2.75, 3.05) is 12.3 Å². The number of nitrogens with two attached hydrogens (primary N) is 1. The highest BCUT2D eigenvalue weighted by Gasteiger charge is 2.17. The van der Waals surface area contributed by atoms with Gasteiger partial charge in [0.1, 0.15) is 5.75 Å². The molecule has 4 nitrogen and oxygen atoms in total. The van der Waals surface area contributed by atoms with Crippen molar-refractivity contribution in [3.8, 4) is 5.75 Å². The number of carbonyl (C=O) groups excluding carboxylic acids is 1. The number of benzene rings is 1. The van der Waals surface area contributed by atoms with Crippen LogP contribution in [0.2, 0.25) is 0 Å². The Balaban J connectivity index is 2.08. The maximum absolute atomic E-state index is 11.8. The molecule has 0 heterocycles. The molecule has 0 spiro atoms. The molecule has 0 aliphatic heterocycles. The third-order valence-corrected chi connectivity index (χ3v) is 3.38. The average Bonchev–Trinajstić information content (AvgIpc) is 2.42. The van der Waals surface area contributed by atoms with Crippen LogP contribution in [0, 0.1) is 0 Å². The average molecular weight is 263 g/mol. The molecule has 1 saturated carbocycles. The van der Waals surface area contributed by atoms with Crippen molar-refractivity contribution in [2.24, 2.45) is 0 Å². The normalized spacial score (nSPS) is 16.1. The highest BCUT2D eigenvalue weighted by atomic mass is 16.5. The molecule has 1 fully saturated rings. The molecule has 1 aromatic carbocycles. The number of anilines is 1. The zero-order valence-electron chi connectivity index (χ0n) is 11.4. The number of hydrogen-bond acceptors (Lipinski definition) is 4. The second-order valence-electron chi connectivity index (χ2n) is 4.85. The van der Waals surface area contributed by atoms with Crippen LogP contribution in [-0.4, -0.2) is 18.7 Å². The molecular formula is C15H21NO3. The number of ether oxygens (including phenoxy) is 2. The Labute approximate surface area is 113 Å². The van der Waals surface area contributed by atoms with Gasteiger partial charge in [0.2, 0.25) is 0 Å². The van der Waals surface area contributed by atoms with Gasteiger partial charge in [-0.05, 0) is 50.8 Å². The van der Waals surface area contributed by atoms with E-state index >= 15 is 0 Å². The van der Waals surface area contributed by atoms with Gasteiger partial charge in [-0.15, -0.1) is 0 Å². The summed E-state index contributed by atoms with van der Waals surface area (Å²) in [6, 6.07) is 5.19. The van der Waals surface area contributed by atoms with Crippen molar-refractivity contribution in [2.45, 2.75) is 45.1 Å². The fourth-order valence-corrected chi connectivity index (χ4v) is 2.37. The van der Waals surface area contributed by atoms with Gasteiger partial charge in [0.05, 0.1) is 18.3 Å². The summed E-state index contributed by atoms with van der Waals surface area (Å²) in [6.07, 6.45) is 6.13. The fourth-order valence-electron chi connectivity index (χ4n) is 2.37. The first-order chi connectivity index (χ1) is 9.20. The van der Waals surface area contributed by atoms with Gasteiger partial charge >= 0.3 is 5.97 Å². The summed E-state index contributed by atoms with van der Waals surface area (Å²) in [6.45, 7) is 2.11. The Hall–Kier alpha value is -1.71. The summed E-state index contributed by atoms with van der Waals surface area (Å²) in [5.74, 6) is 0.304. The summed E-state index contributed by atoms with van der Waals surface area (Å²) in [5, 5.41) is 0. The van der Waals surface area contributed by atoms with Crippen molar-refractivity contribution in [1.29, 1.82) is 0 Å². The molecule has 2 N–H and O–H groups in total. The molecule has 0 bridgehead atoms. The predicted octanol–water partition coefficient (Wildman–Crippen LogP) is 3.16. The zero-order chi connectivity index (χ0) is 13.7. The second kappa shape index (κ2) is 6.45. The van der Waals surface area contributed by atoms with Crippen LogP contribution in [0.25, 0.3) is 0 Å². The minimum Gasteiger partial charge on any atom is -0.490 e. The van der Waals surface area contributed by atoms with Crippen molar-refractivity contribution >= 4 is 11.7 Å². The van der Waals surface area contributed by atoms with E-state index in [4.69, 9.17) is 15.2 Å². The summed E-state index contributed by atoms with van der Waals surface area (Å²) < 4.78 is 10.9. The number of nitrogen functional groups attached to an aromatic ring is 1. The smallest absolute Gasteiger partial charge is 0.340 e. The summed E-state index contributed by atoms with van der Waals surface area (Å²) in [5.41, 5.74) is 6.61. The van der Waals surface area contributed by atoms with Gasteiger partial charge in [0.25, 0.3) is 0 Å². The quantitative estimate of drug-likeness (QED) is 0.669. The topological polar surface area (TPSA) is 61.5 Å². The summed E-state index contributed by atoms with van der Waals surface area (Å²) in [7, 11) is 0. The molecule has 0 atom stereocenters. The van der Waals surface area contributed by atoms with Crippen molar-refractivity contribution in [1.82, 2.24) is 0 Å². The Morgan fingerprint density at radius 1 is 1.32 bits per heavy atom. The van der Waals surface area contributed by atoms with Gasteiger partial charge in [0, 0.05) is 5.69 Å². The van der Waals surface area contributed by atoms with Gasteiger partial charge < -0.3 is 15.2 Å². The molecule has 0 saturated heterocycles. The molecule has 0 aromatic heterocycles. The number of rotatable bonds is 4. The molecule has 0 unspecified atom stereocenters. The van der Waals surface area contributed by atoms with Crippen LogP contribution in [0.5, 0.6) is 5.75 Å². The van der Waals surface area contributed by atoms with E-state index in [1.807, 2.05) is 6.07 Å². The van der Waals surface area contributed by atoms with E-state index in [-0.39, 0.29) is 6.10 Å². The lowest BCUT2D eigenvalue weighted by atomic mass is 9.98. The molecule has 0 amide bonds. The molecule has 0 radical (unpaired) electrons. The van der Waals surface area contributed by atoms with E-state index in [1.165, 1.54) is 19.3 Å². The Morgan fingerprint density at radius 3 is 2.74 bits per heavy atom. The minimum atomic E-state index is -0.394. The first-order valence-corrected chi connectivity index (χ1v) is 6.94. The van der Waals surface area contributed by atoms with Crippen LogP contribution >= 0.6 is 0 Å². The summed E-state index contributed by atoms with van der Waals surface area (Å²) >= 11 is 0. The van der Waals surface area contributed by atoms with Crippen molar-refractivity contribution in [3.05, 3.63) is 23.8 Å². The first kappa shape index (κ1) is 13.7. The van der Waals surface area contributed by atoms with Crippen LogP contribution in [0.4, 0.5) is 5.69 Å². The molecule has 1 aliphatic carbocycles. The van der Waals surface area contributed by atoms with E-state index in [2.05, 4.69) is 0 Å². The second-order valence-corrected chi connectivity index (χ2v) is 4.85. The van der Waals surface area contributed by atoms with Gasteiger partial charge in [-0.3, -0.25) is 0 Å². The highest BCUT2D eigenvalue weighted by molar-refractivity contribution is 5.95. The zero-order valence-corrected chi connectivity index (χ0v) is 11.4. The third kappa shape index (κ3) is 3.63. The monoisotopic (exact) mass is 263 g/mol. The molecule has 1 aromatic rings. The Morgan fingerprint density at radius 2 is 2.05 bits per heavy atom. The molecule has 19 heavy (non-hydrogen) atoms. The van der Waals surface area contributed by atoms with Crippen molar-refractivity contribution in [3.63, 3.8) is 0 Å². The van der Waals surface area contributed by atoms with E-state index in [9.17, 15) is 4.79 Å². The van der Waals surface area contributed by atoms with Gasteiger partial charge in [-0.2, -0.15) is 0 Å². The largest absolute Gasteiger partial charge is 0.490 e. The fraction of sp³-hybridized carbons (Fsp3) is 0.533. The number of esters is 1. The number of hydrogen-bond donors (Lipinski definition) is 1. The Kier molecular flexibility index (Phi) is 4.66. The summed E-state index contributed by atoms with van der Waals surface area (Å²) in [4.78, 5) is 11.8. The van der Waals surface area contributed by atoms with Crippen LogP contribution in [0.15, 0.2) is 18.2 Å². The molecule has 2 rings (SSSR count). The van der Waals surface area contributed by atoms with E-state index in [1.54, 1.807) is 19.1 Å². The maximum atomic E-state index is 11.8. The standard InChI is InChI=1S/C15H21NO3/c1-2-18-15(17)13-10-12(8-9-14(13)16)19-11-6-4-3-5-7-11/h8-11H,2-7,16H2,1H3. The van der Waals surface area contributed by atoms with E-state index in [0.717, 1.165) is 12.8 Å².